The summed E-state index contributed by atoms with van der Waals surface area (Å²) in [7, 11) is 1.77. The van der Waals surface area contributed by atoms with E-state index < -0.39 is 0 Å². The van der Waals surface area contributed by atoms with Gasteiger partial charge in [0.2, 0.25) is 0 Å². The van der Waals surface area contributed by atoms with Crippen LogP contribution in [0.4, 0.5) is 0 Å². The van der Waals surface area contributed by atoms with Crippen molar-refractivity contribution < 1.29 is 9.47 Å². The molecular weight excluding hydrogens is 238 g/mol. The zero-order chi connectivity index (χ0) is 14.1. The lowest BCUT2D eigenvalue weighted by atomic mass is 10.00. The summed E-state index contributed by atoms with van der Waals surface area (Å²) in [6, 6.07) is 0.735. The first-order valence-corrected chi connectivity index (χ1v) is 7.95. The van der Waals surface area contributed by atoms with Crippen molar-refractivity contribution in [2.24, 2.45) is 5.92 Å². The Hall–Kier alpha value is -0.120. The summed E-state index contributed by atoms with van der Waals surface area (Å²) in [4.78, 5) is 0. The molecule has 0 aromatic carbocycles. The molecular formula is C16H33NO2. The molecule has 0 aromatic rings. The van der Waals surface area contributed by atoms with Gasteiger partial charge in [-0.1, -0.05) is 13.3 Å². The van der Waals surface area contributed by atoms with Crippen molar-refractivity contribution in [3.8, 4) is 0 Å². The number of nitrogens with one attached hydrogen (secondary N) is 1. The van der Waals surface area contributed by atoms with E-state index >= 15 is 0 Å². The second-order valence-corrected chi connectivity index (χ2v) is 6.37. The van der Waals surface area contributed by atoms with Crippen LogP contribution in [0, 0.1) is 5.92 Å². The topological polar surface area (TPSA) is 30.5 Å². The summed E-state index contributed by atoms with van der Waals surface area (Å²) < 4.78 is 11.2. The maximum absolute atomic E-state index is 5.78. The minimum Gasteiger partial charge on any atom is -0.381 e. The molecule has 1 aliphatic carbocycles. The van der Waals surface area contributed by atoms with Crippen molar-refractivity contribution in [3.63, 3.8) is 0 Å². The van der Waals surface area contributed by atoms with Crippen molar-refractivity contribution in [2.45, 2.75) is 70.9 Å². The van der Waals surface area contributed by atoms with Crippen LogP contribution >= 0.6 is 0 Å². The van der Waals surface area contributed by atoms with Crippen LogP contribution in [-0.4, -0.2) is 38.5 Å². The summed E-state index contributed by atoms with van der Waals surface area (Å²) in [6.07, 6.45) is 7.49. The average molecular weight is 271 g/mol. The van der Waals surface area contributed by atoms with Crippen LogP contribution in [0.25, 0.3) is 0 Å². The summed E-state index contributed by atoms with van der Waals surface area (Å²) in [5.74, 6) is 0.821. The second kappa shape index (κ2) is 8.93. The highest BCUT2D eigenvalue weighted by Crippen LogP contribution is 2.28. The first-order valence-electron chi connectivity index (χ1n) is 7.95. The summed E-state index contributed by atoms with van der Waals surface area (Å²) in [5, 5.41) is 3.68. The Bertz CT molecular complexity index is 231. The van der Waals surface area contributed by atoms with E-state index in [1.807, 2.05) is 0 Å². The van der Waals surface area contributed by atoms with Crippen molar-refractivity contribution in [1.29, 1.82) is 0 Å². The molecule has 19 heavy (non-hydrogen) atoms. The van der Waals surface area contributed by atoms with Gasteiger partial charge in [0.1, 0.15) is 0 Å². The van der Waals surface area contributed by atoms with Crippen LogP contribution in [0.3, 0.4) is 0 Å². The van der Waals surface area contributed by atoms with Gasteiger partial charge in [0.25, 0.3) is 0 Å². The molecule has 0 amide bonds. The van der Waals surface area contributed by atoms with Crippen LogP contribution in [0.1, 0.15) is 59.3 Å². The summed E-state index contributed by atoms with van der Waals surface area (Å²) in [5.41, 5.74) is -0.0570. The lowest BCUT2D eigenvalue weighted by molar-refractivity contribution is -0.0113. The predicted octanol–water partition coefficient (Wildman–Crippen LogP) is 3.38. The highest BCUT2D eigenvalue weighted by atomic mass is 16.5. The smallest absolute Gasteiger partial charge is 0.0644 e. The zero-order valence-corrected chi connectivity index (χ0v) is 13.3. The fourth-order valence-corrected chi connectivity index (χ4v) is 2.74. The Labute approximate surface area is 119 Å². The monoisotopic (exact) mass is 271 g/mol. The first kappa shape index (κ1) is 16.9. The summed E-state index contributed by atoms with van der Waals surface area (Å²) in [6.45, 7) is 9.31. The molecule has 0 saturated heterocycles. The number of methoxy groups -OCH3 is 1. The minimum absolute atomic E-state index is 0.0570. The van der Waals surface area contributed by atoms with Gasteiger partial charge in [-0.05, 0) is 58.4 Å². The van der Waals surface area contributed by atoms with Gasteiger partial charge in [0.15, 0.2) is 0 Å². The fourth-order valence-electron chi connectivity index (χ4n) is 2.74. The predicted molar refractivity (Wildman–Crippen MR) is 80.6 cm³/mol. The van der Waals surface area contributed by atoms with E-state index in [1.165, 1.54) is 32.1 Å². The second-order valence-electron chi connectivity index (χ2n) is 6.37. The Morgan fingerprint density at radius 2 is 2.00 bits per heavy atom. The van der Waals surface area contributed by atoms with E-state index in [1.54, 1.807) is 7.11 Å². The van der Waals surface area contributed by atoms with Crippen LogP contribution in [0.15, 0.2) is 0 Å². The largest absolute Gasteiger partial charge is 0.381 e. The summed E-state index contributed by atoms with van der Waals surface area (Å²) >= 11 is 0. The van der Waals surface area contributed by atoms with Gasteiger partial charge < -0.3 is 14.8 Å². The number of hydrogen-bond acceptors (Lipinski definition) is 3. The molecule has 2 atom stereocenters. The third kappa shape index (κ3) is 6.73. The molecule has 0 aromatic heterocycles. The molecule has 3 heteroatoms. The molecule has 1 rings (SSSR count). The Morgan fingerprint density at radius 3 is 2.68 bits per heavy atom. The lowest BCUT2D eigenvalue weighted by Gasteiger charge is -2.23. The van der Waals surface area contributed by atoms with Crippen molar-refractivity contribution in [3.05, 3.63) is 0 Å². The Balaban J connectivity index is 2.08. The molecule has 3 nitrogen and oxygen atoms in total. The SMILES string of the molecule is CCCNC1CCCC1CCOCCC(C)(C)OC. The van der Waals surface area contributed by atoms with Crippen LogP contribution in [0.2, 0.25) is 0 Å². The maximum atomic E-state index is 5.78. The van der Waals surface area contributed by atoms with Crippen molar-refractivity contribution in [1.82, 2.24) is 5.32 Å². The third-order valence-electron chi connectivity index (χ3n) is 4.35. The normalized spacial score (nSPS) is 24.0. The van der Waals surface area contributed by atoms with Crippen molar-refractivity contribution in [2.75, 3.05) is 26.9 Å². The molecule has 0 bridgehead atoms. The highest BCUT2D eigenvalue weighted by molar-refractivity contribution is 4.82. The quantitative estimate of drug-likeness (QED) is 0.618. The van der Waals surface area contributed by atoms with Gasteiger partial charge in [-0.25, -0.2) is 0 Å². The fraction of sp³-hybridized carbons (Fsp3) is 1.00. The molecule has 0 aliphatic heterocycles. The molecule has 0 radical (unpaired) electrons. The van der Waals surface area contributed by atoms with Gasteiger partial charge in [-0.3, -0.25) is 0 Å². The minimum atomic E-state index is -0.0570. The number of ether oxygens (including phenoxy) is 2. The molecule has 114 valence electrons. The lowest BCUT2D eigenvalue weighted by Crippen LogP contribution is -2.33. The molecule has 1 fully saturated rings. The Kier molecular flexibility index (Phi) is 7.96. The van der Waals surface area contributed by atoms with Crippen LogP contribution < -0.4 is 5.32 Å². The van der Waals surface area contributed by atoms with Gasteiger partial charge in [0.05, 0.1) is 5.60 Å². The van der Waals surface area contributed by atoms with Gasteiger partial charge in [-0.15, -0.1) is 0 Å². The van der Waals surface area contributed by atoms with Gasteiger partial charge in [-0.2, -0.15) is 0 Å². The maximum Gasteiger partial charge on any atom is 0.0644 e. The van der Waals surface area contributed by atoms with E-state index in [-0.39, 0.29) is 5.60 Å². The Morgan fingerprint density at radius 1 is 1.21 bits per heavy atom. The van der Waals surface area contributed by atoms with E-state index in [9.17, 15) is 0 Å². The molecule has 1 aliphatic rings. The molecule has 0 spiro atoms. The third-order valence-corrected chi connectivity index (χ3v) is 4.35. The van der Waals surface area contributed by atoms with E-state index in [4.69, 9.17) is 9.47 Å². The molecule has 1 saturated carbocycles. The van der Waals surface area contributed by atoms with Crippen molar-refractivity contribution >= 4 is 0 Å². The average Bonchev–Trinajstić information content (AvgIpc) is 2.83. The first-order chi connectivity index (χ1) is 9.09. The van der Waals surface area contributed by atoms with Crippen LogP contribution in [0.5, 0.6) is 0 Å². The van der Waals surface area contributed by atoms with Gasteiger partial charge in [0, 0.05) is 26.4 Å². The number of rotatable bonds is 10. The van der Waals surface area contributed by atoms with Crippen LogP contribution in [-0.2, 0) is 9.47 Å². The van der Waals surface area contributed by atoms with E-state index in [0.717, 1.165) is 38.1 Å². The zero-order valence-electron chi connectivity index (χ0n) is 13.3. The van der Waals surface area contributed by atoms with E-state index in [2.05, 4.69) is 26.1 Å². The molecule has 2 unspecified atom stereocenters. The standard InChI is InChI=1S/C16H33NO2/c1-5-11-17-15-8-6-7-14(15)9-12-19-13-10-16(2,3)18-4/h14-15,17H,5-13H2,1-4H3. The van der Waals surface area contributed by atoms with Gasteiger partial charge >= 0.3 is 0 Å². The molecule has 1 N–H and O–H groups in total. The highest BCUT2D eigenvalue weighted by Gasteiger charge is 2.26. The van der Waals surface area contributed by atoms with E-state index in [0.29, 0.717) is 0 Å². The molecule has 0 heterocycles. The number of hydrogen-bond donors (Lipinski definition) is 1.